The van der Waals surface area contributed by atoms with Crippen molar-refractivity contribution >= 4 is 10.3 Å². The van der Waals surface area contributed by atoms with Crippen LogP contribution in [0, 0.1) is 0 Å². The van der Waals surface area contributed by atoms with Crippen LogP contribution in [0.25, 0.3) is 0 Å². The van der Waals surface area contributed by atoms with Crippen LogP contribution in [0.5, 0.6) is 5.75 Å². The molecule has 5 atom stereocenters. The molecule has 11 heteroatoms. The van der Waals surface area contributed by atoms with Crippen LogP contribution >= 0.6 is 0 Å². The summed E-state index contributed by atoms with van der Waals surface area (Å²) in [6.45, 7) is 2.79. The zero-order chi connectivity index (χ0) is 28.4. The van der Waals surface area contributed by atoms with Gasteiger partial charge in [-0.15, -0.1) is 0 Å². The van der Waals surface area contributed by atoms with Gasteiger partial charge < -0.3 is 33.3 Å². The predicted molar refractivity (Wildman–Crippen MR) is 148 cm³/mol. The second-order valence-electron chi connectivity index (χ2n) is 10.2. The Kier molecular flexibility index (Phi) is 11.7. The molecule has 2 aromatic rings. The Balaban J connectivity index is 1.30. The lowest BCUT2D eigenvalue weighted by molar-refractivity contribution is -0.277. The molecule has 222 valence electrons. The highest BCUT2D eigenvalue weighted by Gasteiger charge is 2.39. The Morgan fingerprint density at radius 2 is 1.65 bits per heavy atom. The zero-order valence-electron chi connectivity index (χ0n) is 22.8. The summed E-state index contributed by atoms with van der Waals surface area (Å²) in [4.78, 5) is 0. The van der Waals surface area contributed by atoms with Gasteiger partial charge in [-0.3, -0.25) is 0 Å². The van der Waals surface area contributed by atoms with Crippen LogP contribution < -0.4 is 8.91 Å². The number of unbranched alkanes of at least 4 members (excludes halogenated alkanes) is 1. The van der Waals surface area contributed by atoms with E-state index in [4.69, 9.17) is 23.1 Å². The maximum atomic E-state index is 12.4. The summed E-state index contributed by atoms with van der Waals surface area (Å²) in [6, 6.07) is 17.5. The number of rotatable bonds is 14. The minimum absolute atomic E-state index is 0.242. The van der Waals surface area contributed by atoms with Gasteiger partial charge in [0.25, 0.3) is 0 Å². The Bertz CT molecular complexity index is 1100. The first kappa shape index (κ1) is 30.9. The predicted octanol–water partition coefficient (Wildman–Crippen LogP) is 3.60. The van der Waals surface area contributed by atoms with E-state index in [1.165, 1.54) is 0 Å². The summed E-state index contributed by atoms with van der Waals surface area (Å²) in [7, 11) is -3.97. The highest BCUT2D eigenvalue weighted by atomic mass is 32.2. The van der Waals surface area contributed by atoms with E-state index in [1.807, 2.05) is 37.3 Å². The lowest BCUT2D eigenvalue weighted by Crippen LogP contribution is -2.51. The fourth-order valence-electron chi connectivity index (χ4n) is 4.94. The van der Waals surface area contributed by atoms with Gasteiger partial charge in [-0.2, -0.15) is 13.1 Å². The molecule has 1 aliphatic carbocycles. The van der Waals surface area contributed by atoms with Crippen molar-refractivity contribution in [1.82, 2.24) is 4.72 Å². The Hall–Kier alpha value is -2.09. The fraction of sp³-hybridized carbons (Fsp3) is 0.586. The molecule has 0 spiro atoms. The smallest absolute Gasteiger partial charge is 0.382 e. The van der Waals surface area contributed by atoms with Crippen molar-refractivity contribution in [2.75, 3.05) is 13.2 Å². The van der Waals surface area contributed by atoms with Crippen molar-refractivity contribution in [3.8, 4) is 5.75 Å². The van der Waals surface area contributed by atoms with Crippen LogP contribution in [0.4, 0.5) is 0 Å². The van der Waals surface area contributed by atoms with E-state index < -0.39 is 41.2 Å². The molecule has 2 unspecified atom stereocenters. The molecule has 0 amide bonds. The molecule has 1 saturated carbocycles. The topological polar surface area (TPSA) is 133 Å². The molecule has 3 N–H and O–H groups in total. The van der Waals surface area contributed by atoms with E-state index in [9.17, 15) is 18.6 Å². The summed E-state index contributed by atoms with van der Waals surface area (Å²) in [5.41, 5.74) is 0.848. The summed E-state index contributed by atoms with van der Waals surface area (Å²) < 4.78 is 56.2. The second kappa shape index (κ2) is 15.2. The van der Waals surface area contributed by atoms with Gasteiger partial charge in [0.15, 0.2) is 12.6 Å². The van der Waals surface area contributed by atoms with Crippen molar-refractivity contribution in [1.29, 1.82) is 0 Å². The highest BCUT2D eigenvalue weighted by Crippen LogP contribution is 2.30. The Morgan fingerprint density at radius 1 is 0.975 bits per heavy atom. The average molecular weight is 580 g/mol. The van der Waals surface area contributed by atoms with Crippen molar-refractivity contribution in [2.45, 2.75) is 94.9 Å². The largest absolute Gasteiger partial charge is 0.387 e. The van der Waals surface area contributed by atoms with Crippen molar-refractivity contribution in [2.24, 2.45) is 0 Å². The summed E-state index contributed by atoms with van der Waals surface area (Å²) in [5.74, 6) is 0.242. The van der Waals surface area contributed by atoms with Crippen LogP contribution in [-0.2, 0) is 29.3 Å². The molecule has 1 saturated heterocycles. The highest BCUT2D eigenvalue weighted by molar-refractivity contribution is 7.85. The Labute approximate surface area is 236 Å². The third kappa shape index (κ3) is 9.22. The van der Waals surface area contributed by atoms with Crippen LogP contribution in [0.2, 0.25) is 0 Å². The molecule has 1 heterocycles. The first-order valence-electron chi connectivity index (χ1n) is 14.1. The first-order chi connectivity index (χ1) is 19.3. The molecule has 10 nitrogen and oxygen atoms in total. The molecule has 1 aliphatic heterocycles. The molecule has 0 aromatic heterocycles. The number of aliphatic hydroxyl groups excluding tert-OH is 2. The summed E-state index contributed by atoms with van der Waals surface area (Å²) in [6.07, 6.45) is -0.882. The average Bonchev–Trinajstić information content (AvgIpc) is 2.96. The third-order valence-electron chi connectivity index (χ3n) is 7.11. The quantitative estimate of drug-likeness (QED) is 0.227. The van der Waals surface area contributed by atoms with E-state index in [2.05, 4.69) is 4.72 Å². The van der Waals surface area contributed by atoms with E-state index in [-0.39, 0.29) is 17.9 Å². The number of ether oxygens (including phenoxy) is 4. The lowest BCUT2D eigenvalue weighted by atomic mass is 9.93. The van der Waals surface area contributed by atoms with Crippen LogP contribution in [0.3, 0.4) is 0 Å². The molecule has 0 radical (unpaired) electrons. The van der Waals surface area contributed by atoms with E-state index in [1.54, 1.807) is 30.3 Å². The maximum Gasteiger partial charge on any atom is 0.382 e. The molecule has 2 aliphatic rings. The standard InChI is InChI=1S/C29H41NO9S/c1-2-3-19-35-27(26(31)25-18-20-36-29(38-25)21-10-6-4-7-11-21)28(32)37-23-16-14-22(15-17-23)30-40(33,34)39-24-12-8-5-9-13-24/h4-13,22-23,25-32H,2-3,14-20H2,1H3/t22?,23?,25-,26?,27-,28+,29?/m1/s1. The molecular weight excluding hydrogens is 538 g/mol. The molecule has 4 rings (SSSR count). The van der Waals surface area contributed by atoms with Gasteiger partial charge in [-0.1, -0.05) is 61.9 Å². The fourth-order valence-corrected chi connectivity index (χ4v) is 6.00. The number of para-hydroxylation sites is 1. The van der Waals surface area contributed by atoms with Crippen molar-refractivity contribution in [3.63, 3.8) is 0 Å². The van der Waals surface area contributed by atoms with E-state index >= 15 is 0 Å². The zero-order valence-corrected chi connectivity index (χ0v) is 23.7. The number of benzene rings is 2. The number of hydrogen-bond acceptors (Lipinski definition) is 9. The van der Waals surface area contributed by atoms with Crippen LogP contribution in [0.1, 0.15) is 63.7 Å². The van der Waals surface area contributed by atoms with Gasteiger partial charge >= 0.3 is 10.3 Å². The number of nitrogens with one attached hydrogen (secondary N) is 1. The van der Waals surface area contributed by atoms with Crippen molar-refractivity contribution < 1.29 is 41.8 Å². The molecule has 40 heavy (non-hydrogen) atoms. The molecule has 2 aromatic carbocycles. The summed E-state index contributed by atoms with van der Waals surface area (Å²) in [5, 5.41) is 22.3. The second-order valence-corrected chi connectivity index (χ2v) is 11.5. The molecule has 0 bridgehead atoms. The van der Waals surface area contributed by atoms with Gasteiger partial charge in [-0.25, -0.2) is 0 Å². The number of hydrogen-bond donors (Lipinski definition) is 3. The normalized spacial score (nSPS) is 26.1. The maximum absolute atomic E-state index is 12.4. The van der Waals surface area contributed by atoms with Crippen LogP contribution in [-0.4, -0.2) is 68.6 Å². The summed E-state index contributed by atoms with van der Waals surface area (Å²) >= 11 is 0. The molecule has 2 fully saturated rings. The van der Waals surface area contributed by atoms with Gasteiger partial charge in [0.1, 0.15) is 18.0 Å². The minimum atomic E-state index is -3.97. The van der Waals surface area contributed by atoms with Gasteiger partial charge in [0, 0.05) is 18.2 Å². The van der Waals surface area contributed by atoms with E-state index in [0.29, 0.717) is 45.3 Å². The SMILES string of the molecule is CCCCO[C@H](C(O)[C@H]1CCOC(c2ccccc2)O1)[C@@H](O)OC1CCC(NS(=O)(=O)Oc2ccccc2)CC1. The third-order valence-corrected chi connectivity index (χ3v) is 8.15. The van der Waals surface area contributed by atoms with Crippen LogP contribution in [0.15, 0.2) is 60.7 Å². The van der Waals surface area contributed by atoms with Gasteiger partial charge in [0.2, 0.25) is 0 Å². The van der Waals surface area contributed by atoms with Crippen molar-refractivity contribution in [3.05, 3.63) is 66.2 Å². The van der Waals surface area contributed by atoms with E-state index in [0.717, 1.165) is 18.4 Å². The van der Waals surface area contributed by atoms with Gasteiger partial charge in [0.05, 0.1) is 18.8 Å². The lowest BCUT2D eigenvalue weighted by Gasteiger charge is -2.38. The molecular formula is C29H41NO9S. The first-order valence-corrected chi connectivity index (χ1v) is 15.5. The Morgan fingerprint density at radius 3 is 2.33 bits per heavy atom. The minimum Gasteiger partial charge on any atom is -0.387 e. The number of aliphatic hydroxyl groups is 2. The van der Waals surface area contributed by atoms with Gasteiger partial charge in [-0.05, 0) is 50.7 Å². The monoisotopic (exact) mass is 579 g/mol.